The van der Waals surface area contributed by atoms with Crippen LogP contribution in [-0.2, 0) is 164 Å². The number of aromatic hydroxyl groups is 1. The molecule has 7 heteroatoms. The van der Waals surface area contributed by atoms with E-state index in [0.29, 0.717) is 5.75 Å². The number of phenols is 1. The molecule has 2 nitrogen and oxygen atoms in total. The fraction of sp³-hybridized carbons (Fsp3) is 0.472. The molecule has 5 aliphatic rings. The molecule has 0 heterocycles. The summed E-state index contributed by atoms with van der Waals surface area (Å²) in [4.78, 5) is 0. The van der Waals surface area contributed by atoms with E-state index in [9.17, 15) is 5.11 Å². The molecule has 0 aromatic heterocycles. The van der Waals surface area contributed by atoms with Crippen LogP contribution in [0.3, 0.4) is 0 Å². The molecule has 409 valence electrons. The van der Waals surface area contributed by atoms with Gasteiger partial charge in [0.25, 0.3) is 0 Å². The first kappa shape index (κ1) is 75.4. The molecule has 79 heavy (non-hydrogen) atoms. The van der Waals surface area contributed by atoms with Gasteiger partial charge in [0.05, 0.1) is 6.10 Å². The van der Waals surface area contributed by atoms with Gasteiger partial charge >= 0.3 is 0 Å². The standard InChI is InChI=1S/C20H27.C13H24O.C13H12O.C13H17.C13H11.5Y/c1-2-16-8-10-18(11-9-16)20-14-12-19(13-15-20)17-6-4-3-5-7-17;2*1-10-2-4-11(5-3-10)12-6-8-13(14)9-7-12;2*1-11-7-9-13(10-8-11)12-5-3-2-4-6-12;;;;;/h2,4-7,16,18-20H,1,8-15H2;10-14H,2-9H2,1H3;2-9,14H,1H3;3-6,11,13H,7-10H2,1H3;3-10H,1H3;;;;;/q-1;;;2*-1;;;;;. The van der Waals surface area contributed by atoms with E-state index >= 15 is 0 Å². The van der Waals surface area contributed by atoms with Crippen LogP contribution in [-0.4, -0.2) is 16.3 Å². The minimum atomic E-state index is 0. The Kier molecular flexibility index (Phi) is 40.3. The molecular weight excluding hydrogens is 1340 g/mol. The van der Waals surface area contributed by atoms with Crippen molar-refractivity contribution < 1.29 is 174 Å². The summed E-state index contributed by atoms with van der Waals surface area (Å²) in [5.41, 5.74) is 10.4. The number of aliphatic hydroxyl groups excluding tert-OH is 1. The van der Waals surface area contributed by atoms with Crippen LogP contribution in [0.5, 0.6) is 5.75 Å². The van der Waals surface area contributed by atoms with Gasteiger partial charge in [-0.3, -0.25) is 0 Å². The number of aryl methyl sites for hydroxylation is 2. The predicted octanol–water partition coefficient (Wildman–Crippen LogP) is 19.7. The molecule has 0 atom stereocenters. The zero-order valence-corrected chi connectivity index (χ0v) is 63.0. The Morgan fingerprint density at radius 3 is 1.01 bits per heavy atom. The summed E-state index contributed by atoms with van der Waals surface area (Å²) < 4.78 is 0. The van der Waals surface area contributed by atoms with Crippen LogP contribution in [0, 0.1) is 73.5 Å². The summed E-state index contributed by atoms with van der Waals surface area (Å²) in [5, 5.41) is 18.6. The molecule has 11 rings (SSSR count). The summed E-state index contributed by atoms with van der Waals surface area (Å²) in [6.07, 6.45) is 29.7. The first-order chi connectivity index (χ1) is 36.1. The zero-order chi connectivity index (χ0) is 51.9. The summed E-state index contributed by atoms with van der Waals surface area (Å²) in [6.45, 7) is 12.9. The summed E-state index contributed by atoms with van der Waals surface area (Å²) in [5.74, 6) is 8.64. The molecule has 5 radical (unpaired) electrons. The van der Waals surface area contributed by atoms with Crippen molar-refractivity contribution in [3.05, 3.63) is 199 Å². The molecule has 6 aromatic carbocycles. The SMILES string of the molecule is C=CC1CCC(C2CCC(c3cc[c-]cc3)CC2)CC1.CC1CCC(C2CCC(O)CC2)CC1.CC1CCC(c2cc[c-]cc2)CC1.Cc1ccc(-c2cc[c-]cc2)cc1.Cc1ccc(-c2ccc(O)cc2)cc1.[Y].[Y].[Y].[Y].[Y]. The van der Waals surface area contributed by atoms with E-state index in [0.717, 1.165) is 71.7 Å². The van der Waals surface area contributed by atoms with E-state index in [4.69, 9.17) is 5.11 Å². The van der Waals surface area contributed by atoms with E-state index in [-0.39, 0.29) is 170 Å². The average Bonchev–Trinajstić information content (AvgIpc) is 3.46. The van der Waals surface area contributed by atoms with Gasteiger partial charge in [-0.05, 0) is 199 Å². The number of rotatable bonds is 7. The molecule has 0 unspecified atom stereocenters. The topological polar surface area (TPSA) is 40.5 Å². The Hall–Kier alpha value is 0.339. The molecule has 0 saturated heterocycles. The average molecular weight is 1430 g/mol. The maximum atomic E-state index is 9.47. The molecule has 5 aliphatic carbocycles. The van der Waals surface area contributed by atoms with Crippen LogP contribution in [0.2, 0.25) is 0 Å². The second-order valence-corrected chi connectivity index (χ2v) is 23.3. The summed E-state index contributed by atoms with van der Waals surface area (Å²) >= 11 is 0. The maximum absolute atomic E-state index is 9.47. The van der Waals surface area contributed by atoms with Crippen molar-refractivity contribution in [3.63, 3.8) is 0 Å². The Labute approximate surface area is 607 Å². The van der Waals surface area contributed by atoms with E-state index in [1.54, 1.807) is 12.1 Å². The molecule has 0 aliphatic heterocycles. The Morgan fingerprint density at radius 1 is 0.367 bits per heavy atom. The fourth-order valence-electron chi connectivity index (χ4n) is 12.8. The van der Waals surface area contributed by atoms with Gasteiger partial charge in [-0.2, -0.15) is 102 Å². The van der Waals surface area contributed by atoms with Gasteiger partial charge in [-0.1, -0.05) is 117 Å². The van der Waals surface area contributed by atoms with E-state index in [2.05, 4.69) is 156 Å². The van der Waals surface area contributed by atoms with E-state index < -0.39 is 0 Å². The third-order valence-corrected chi connectivity index (χ3v) is 17.9. The van der Waals surface area contributed by atoms with Crippen LogP contribution >= 0.6 is 0 Å². The smallest absolute Gasteiger partial charge is 0.115 e. The van der Waals surface area contributed by atoms with Crippen molar-refractivity contribution >= 4 is 0 Å². The number of allylic oxidation sites excluding steroid dienone is 1. The Bertz CT molecular complexity index is 2350. The largest absolute Gasteiger partial charge is 0.508 e. The number of aliphatic hydroxyl groups is 1. The van der Waals surface area contributed by atoms with Gasteiger partial charge < -0.3 is 10.2 Å². The molecule has 6 aromatic rings. The van der Waals surface area contributed by atoms with Crippen molar-refractivity contribution in [1.82, 2.24) is 0 Å². The van der Waals surface area contributed by atoms with Crippen LogP contribution in [0.25, 0.3) is 22.3 Å². The predicted molar refractivity (Wildman–Crippen MR) is 314 cm³/mol. The molecular formula is C72H91O2Y5-3. The van der Waals surface area contributed by atoms with Gasteiger partial charge in [0.1, 0.15) is 5.75 Å². The first-order valence-corrected chi connectivity index (χ1v) is 29.2. The Balaban J connectivity index is 0.000000336. The second kappa shape index (κ2) is 42.2. The quantitative estimate of drug-likeness (QED) is 0.124. The van der Waals surface area contributed by atoms with E-state index in [1.807, 2.05) is 36.4 Å². The van der Waals surface area contributed by atoms with Crippen LogP contribution in [0.1, 0.15) is 176 Å². The van der Waals surface area contributed by atoms with E-state index in [1.165, 1.54) is 155 Å². The third-order valence-electron chi connectivity index (χ3n) is 17.9. The molecule has 5 fully saturated rings. The normalized spacial score (nSPS) is 24.9. The van der Waals surface area contributed by atoms with Crippen molar-refractivity contribution in [2.75, 3.05) is 0 Å². The minimum absolute atomic E-state index is 0. The maximum Gasteiger partial charge on any atom is 0.115 e. The van der Waals surface area contributed by atoms with Gasteiger partial charge in [-0.15, -0.1) is 12.1 Å². The summed E-state index contributed by atoms with van der Waals surface area (Å²) in [7, 11) is 0. The third kappa shape index (κ3) is 26.9. The van der Waals surface area contributed by atoms with Crippen molar-refractivity contribution in [1.29, 1.82) is 0 Å². The van der Waals surface area contributed by atoms with Gasteiger partial charge in [0, 0.05) is 164 Å². The molecule has 5 saturated carbocycles. The van der Waals surface area contributed by atoms with Gasteiger partial charge in [-0.25, -0.2) is 0 Å². The van der Waals surface area contributed by atoms with Gasteiger partial charge in [0.2, 0.25) is 0 Å². The zero-order valence-electron chi connectivity index (χ0n) is 48.8. The number of hydrogen-bond donors (Lipinski definition) is 2. The van der Waals surface area contributed by atoms with Crippen LogP contribution in [0.4, 0.5) is 0 Å². The van der Waals surface area contributed by atoms with Crippen molar-refractivity contribution in [2.24, 2.45) is 41.4 Å². The monoisotopic (exact) mass is 1430 g/mol. The molecule has 2 N–H and O–H groups in total. The van der Waals surface area contributed by atoms with Crippen LogP contribution < -0.4 is 0 Å². The molecule has 0 spiro atoms. The summed E-state index contributed by atoms with van der Waals surface area (Å²) in [6, 6.07) is 58.6. The number of hydrogen-bond acceptors (Lipinski definition) is 2. The van der Waals surface area contributed by atoms with Crippen LogP contribution in [0.15, 0.2) is 158 Å². The second-order valence-electron chi connectivity index (χ2n) is 23.3. The van der Waals surface area contributed by atoms with Crippen molar-refractivity contribution in [2.45, 2.75) is 174 Å². The van der Waals surface area contributed by atoms with Gasteiger partial charge in [0.15, 0.2) is 0 Å². The minimum Gasteiger partial charge on any atom is -0.508 e. The Morgan fingerprint density at radius 2 is 0.646 bits per heavy atom. The fourth-order valence-corrected chi connectivity index (χ4v) is 12.8. The molecule has 0 amide bonds. The number of phenolic OH excluding ortho intramolecular Hbond substituents is 1. The number of benzene rings is 6. The first-order valence-electron chi connectivity index (χ1n) is 29.2. The molecule has 0 bridgehead atoms. The van der Waals surface area contributed by atoms with Crippen molar-refractivity contribution in [3.8, 4) is 28.0 Å².